The number of aliphatic hydroxyl groups excluding tert-OH is 1. The fraction of sp³-hybridized carbons (Fsp3) is 0.188. The zero-order valence-electron chi connectivity index (χ0n) is 11.8. The van der Waals surface area contributed by atoms with Crippen LogP contribution in [-0.2, 0) is 6.54 Å². The van der Waals surface area contributed by atoms with E-state index in [-0.39, 0.29) is 25.4 Å². The first-order chi connectivity index (χ1) is 10.6. The second-order valence-electron chi connectivity index (χ2n) is 4.69. The van der Waals surface area contributed by atoms with Crippen LogP contribution < -0.4 is 5.32 Å². The van der Waals surface area contributed by atoms with Gasteiger partial charge in [0.25, 0.3) is 0 Å². The second kappa shape index (κ2) is 7.51. The van der Waals surface area contributed by atoms with Gasteiger partial charge in [-0.1, -0.05) is 30.3 Å². The molecule has 0 spiro atoms. The minimum atomic E-state index is -0.724. The molecule has 0 aliphatic rings. The van der Waals surface area contributed by atoms with Gasteiger partial charge in [-0.15, -0.1) is 0 Å². The van der Waals surface area contributed by atoms with Crippen molar-refractivity contribution in [3.8, 4) is 0 Å². The van der Waals surface area contributed by atoms with Crippen molar-refractivity contribution in [3.63, 3.8) is 0 Å². The fourth-order valence-corrected chi connectivity index (χ4v) is 1.96. The summed E-state index contributed by atoms with van der Waals surface area (Å²) in [4.78, 5) is 13.5. The van der Waals surface area contributed by atoms with Gasteiger partial charge in [0.1, 0.15) is 11.6 Å². The molecule has 2 aromatic carbocycles. The fourth-order valence-electron chi connectivity index (χ4n) is 1.96. The number of amides is 2. The Morgan fingerprint density at radius 2 is 1.86 bits per heavy atom. The lowest BCUT2D eigenvalue weighted by Crippen LogP contribution is -2.36. The number of nitrogens with zero attached hydrogens (tertiary/aromatic N) is 1. The van der Waals surface area contributed by atoms with Crippen LogP contribution in [0.5, 0.6) is 0 Å². The smallest absolute Gasteiger partial charge is 0.322 e. The van der Waals surface area contributed by atoms with Crippen LogP contribution in [0.25, 0.3) is 0 Å². The Hall–Kier alpha value is -2.47. The monoisotopic (exact) mass is 306 g/mol. The molecule has 4 nitrogen and oxygen atoms in total. The summed E-state index contributed by atoms with van der Waals surface area (Å²) < 4.78 is 26.7. The summed E-state index contributed by atoms with van der Waals surface area (Å²) in [7, 11) is 0. The van der Waals surface area contributed by atoms with Crippen molar-refractivity contribution in [2.45, 2.75) is 6.54 Å². The summed E-state index contributed by atoms with van der Waals surface area (Å²) in [5, 5.41) is 11.4. The van der Waals surface area contributed by atoms with E-state index in [1.165, 1.54) is 4.90 Å². The van der Waals surface area contributed by atoms with Gasteiger partial charge >= 0.3 is 6.03 Å². The number of hydrogen-bond acceptors (Lipinski definition) is 2. The van der Waals surface area contributed by atoms with Crippen LogP contribution in [0.1, 0.15) is 5.56 Å². The Labute approximate surface area is 127 Å². The van der Waals surface area contributed by atoms with Gasteiger partial charge in [0.2, 0.25) is 0 Å². The number of halogens is 2. The van der Waals surface area contributed by atoms with Gasteiger partial charge in [-0.2, -0.15) is 0 Å². The molecule has 2 aromatic rings. The third-order valence-electron chi connectivity index (χ3n) is 3.04. The Kier molecular flexibility index (Phi) is 5.43. The highest BCUT2D eigenvalue weighted by atomic mass is 19.1. The molecule has 0 unspecified atom stereocenters. The maximum Gasteiger partial charge on any atom is 0.322 e. The number of rotatable bonds is 5. The van der Waals surface area contributed by atoms with Crippen LogP contribution in [0.15, 0.2) is 48.5 Å². The van der Waals surface area contributed by atoms with E-state index in [0.29, 0.717) is 0 Å². The first-order valence-electron chi connectivity index (χ1n) is 6.76. The van der Waals surface area contributed by atoms with Gasteiger partial charge in [-0.3, -0.25) is 0 Å². The molecule has 2 rings (SSSR count). The van der Waals surface area contributed by atoms with Crippen molar-refractivity contribution < 1.29 is 18.7 Å². The SMILES string of the molecule is O=C(Nc1cc(F)ccc1F)N(CCO)Cc1ccccc1. The molecule has 0 aliphatic carbocycles. The van der Waals surface area contributed by atoms with E-state index in [1.807, 2.05) is 30.3 Å². The van der Waals surface area contributed by atoms with Gasteiger partial charge in [0, 0.05) is 19.2 Å². The number of carbonyl (C=O) groups is 1. The molecule has 0 aliphatic heterocycles. The molecule has 116 valence electrons. The zero-order chi connectivity index (χ0) is 15.9. The summed E-state index contributed by atoms with van der Waals surface area (Å²) in [6.07, 6.45) is 0. The van der Waals surface area contributed by atoms with Crippen LogP contribution in [0.4, 0.5) is 19.3 Å². The van der Waals surface area contributed by atoms with Gasteiger partial charge in [0.15, 0.2) is 0 Å². The topological polar surface area (TPSA) is 52.6 Å². The third-order valence-corrected chi connectivity index (χ3v) is 3.04. The summed E-state index contributed by atoms with van der Waals surface area (Å²) in [6.45, 7) is 0.105. The van der Waals surface area contributed by atoms with Gasteiger partial charge < -0.3 is 15.3 Å². The zero-order valence-corrected chi connectivity index (χ0v) is 11.8. The lowest BCUT2D eigenvalue weighted by molar-refractivity contribution is 0.185. The molecule has 0 saturated carbocycles. The third kappa shape index (κ3) is 4.26. The Bertz CT molecular complexity index is 635. The highest BCUT2D eigenvalue weighted by molar-refractivity contribution is 5.89. The quantitative estimate of drug-likeness (QED) is 0.892. The lowest BCUT2D eigenvalue weighted by atomic mass is 10.2. The highest BCUT2D eigenvalue weighted by Crippen LogP contribution is 2.16. The maximum atomic E-state index is 13.6. The molecule has 0 aromatic heterocycles. The lowest BCUT2D eigenvalue weighted by Gasteiger charge is -2.22. The molecule has 2 amide bonds. The normalized spacial score (nSPS) is 10.3. The minimum Gasteiger partial charge on any atom is -0.395 e. The van der Waals surface area contributed by atoms with E-state index in [1.54, 1.807) is 0 Å². The van der Waals surface area contributed by atoms with E-state index < -0.39 is 17.7 Å². The van der Waals surface area contributed by atoms with E-state index in [4.69, 9.17) is 5.11 Å². The second-order valence-corrected chi connectivity index (χ2v) is 4.69. The first kappa shape index (κ1) is 15.9. The number of benzene rings is 2. The summed E-state index contributed by atoms with van der Waals surface area (Å²) in [5.41, 5.74) is 0.631. The summed E-state index contributed by atoms with van der Waals surface area (Å²) in [5.74, 6) is -1.37. The predicted molar refractivity (Wildman–Crippen MR) is 79.3 cm³/mol. The largest absolute Gasteiger partial charge is 0.395 e. The van der Waals surface area contributed by atoms with Crippen molar-refractivity contribution in [1.82, 2.24) is 4.90 Å². The van der Waals surface area contributed by atoms with E-state index in [9.17, 15) is 13.6 Å². The van der Waals surface area contributed by atoms with Gasteiger partial charge in [0.05, 0.1) is 12.3 Å². The average molecular weight is 306 g/mol. The average Bonchev–Trinajstić information content (AvgIpc) is 2.51. The first-order valence-corrected chi connectivity index (χ1v) is 6.76. The van der Waals surface area contributed by atoms with Crippen molar-refractivity contribution in [2.75, 3.05) is 18.5 Å². The number of carbonyl (C=O) groups excluding carboxylic acids is 1. The van der Waals surface area contributed by atoms with Crippen molar-refractivity contribution in [1.29, 1.82) is 0 Å². The van der Waals surface area contributed by atoms with E-state index in [2.05, 4.69) is 5.32 Å². The molecule has 0 bridgehead atoms. The number of nitrogens with one attached hydrogen (secondary N) is 1. The number of hydrogen-bond donors (Lipinski definition) is 2. The van der Waals surface area contributed by atoms with E-state index >= 15 is 0 Å². The highest BCUT2D eigenvalue weighted by Gasteiger charge is 2.15. The molecule has 0 saturated heterocycles. The molecule has 6 heteroatoms. The van der Waals surface area contributed by atoms with Crippen LogP contribution in [0, 0.1) is 11.6 Å². The van der Waals surface area contributed by atoms with Crippen molar-refractivity contribution in [2.24, 2.45) is 0 Å². The predicted octanol–water partition coefficient (Wildman–Crippen LogP) is 2.99. The molecule has 22 heavy (non-hydrogen) atoms. The number of urea groups is 1. The Morgan fingerprint density at radius 1 is 1.14 bits per heavy atom. The molecule has 0 fully saturated rings. The van der Waals surface area contributed by atoms with Gasteiger partial charge in [-0.05, 0) is 17.7 Å². The molecule has 0 heterocycles. The van der Waals surface area contributed by atoms with Crippen LogP contribution in [0.3, 0.4) is 0 Å². The Balaban J connectivity index is 2.11. The minimum absolute atomic E-state index is 0.0810. The van der Waals surface area contributed by atoms with Crippen molar-refractivity contribution in [3.05, 3.63) is 65.7 Å². The standard InChI is InChI=1S/C16H16F2N2O2/c17-13-6-7-14(18)15(10-13)19-16(22)20(8-9-21)11-12-4-2-1-3-5-12/h1-7,10,21H,8-9,11H2,(H,19,22). The molecule has 0 radical (unpaired) electrons. The van der Waals surface area contributed by atoms with Crippen LogP contribution in [-0.4, -0.2) is 29.2 Å². The van der Waals surface area contributed by atoms with E-state index in [0.717, 1.165) is 23.8 Å². The molecule has 2 N–H and O–H groups in total. The molecular weight excluding hydrogens is 290 g/mol. The summed E-state index contributed by atoms with van der Waals surface area (Å²) >= 11 is 0. The Morgan fingerprint density at radius 3 is 2.55 bits per heavy atom. The van der Waals surface area contributed by atoms with Crippen LogP contribution >= 0.6 is 0 Å². The number of anilines is 1. The molecule has 0 atom stereocenters. The van der Waals surface area contributed by atoms with Gasteiger partial charge in [-0.25, -0.2) is 13.6 Å². The van der Waals surface area contributed by atoms with Crippen molar-refractivity contribution >= 4 is 11.7 Å². The maximum absolute atomic E-state index is 13.6. The summed E-state index contributed by atoms with van der Waals surface area (Å²) in [6, 6.07) is 11.4. The van der Waals surface area contributed by atoms with Crippen LogP contribution in [0.2, 0.25) is 0 Å². The number of aliphatic hydroxyl groups is 1. The molecular formula is C16H16F2N2O2.